The molecule has 0 radical (unpaired) electrons. The molecule has 0 spiro atoms. The number of amides is 1. The number of rotatable bonds is 7. The molecular formula is C22H22F3N5O3S. The molecule has 4 rings (SSSR count). The van der Waals surface area contributed by atoms with E-state index in [2.05, 4.69) is 25.6 Å². The zero-order chi connectivity index (χ0) is 24.1. The van der Waals surface area contributed by atoms with Gasteiger partial charge < -0.3 is 20.1 Å². The van der Waals surface area contributed by atoms with Gasteiger partial charge in [-0.3, -0.25) is 4.79 Å². The predicted molar refractivity (Wildman–Crippen MR) is 120 cm³/mol. The number of nitrogens with one attached hydrogen (secondary N) is 2. The minimum Gasteiger partial charge on any atom is -0.376 e. The smallest absolute Gasteiger partial charge is 0.376 e. The Morgan fingerprint density at radius 2 is 2.09 bits per heavy atom. The van der Waals surface area contributed by atoms with E-state index in [1.54, 1.807) is 18.3 Å². The van der Waals surface area contributed by atoms with E-state index in [1.807, 2.05) is 13.0 Å². The summed E-state index contributed by atoms with van der Waals surface area (Å²) in [4.78, 5) is 24.8. The molecule has 3 heterocycles. The van der Waals surface area contributed by atoms with Crippen molar-refractivity contribution in [1.29, 1.82) is 0 Å². The second kappa shape index (κ2) is 10.5. The van der Waals surface area contributed by atoms with Crippen LogP contribution in [0.3, 0.4) is 0 Å². The molecule has 1 aliphatic rings. The minimum atomic E-state index is -4.56. The number of aryl methyl sites for hydroxylation is 1. The summed E-state index contributed by atoms with van der Waals surface area (Å²) in [5.74, 6) is -0.445. The first-order chi connectivity index (χ1) is 16.3. The van der Waals surface area contributed by atoms with Crippen molar-refractivity contribution in [3.05, 3.63) is 52.9 Å². The van der Waals surface area contributed by atoms with E-state index >= 15 is 0 Å². The summed E-state index contributed by atoms with van der Waals surface area (Å²) in [5.41, 5.74) is 1.11. The molecule has 1 aliphatic heterocycles. The van der Waals surface area contributed by atoms with Crippen LogP contribution in [0.5, 0.6) is 0 Å². The summed E-state index contributed by atoms with van der Waals surface area (Å²) in [7, 11) is 0. The molecule has 1 saturated heterocycles. The van der Waals surface area contributed by atoms with Gasteiger partial charge in [0.25, 0.3) is 5.91 Å². The van der Waals surface area contributed by atoms with E-state index in [1.165, 1.54) is 11.3 Å². The van der Waals surface area contributed by atoms with Gasteiger partial charge in [-0.2, -0.15) is 13.2 Å². The first-order valence-electron chi connectivity index (χ1n) is 10.5. The van der Waals surface area contributed by atoms with Gasteiger partial charge in [-0.15, -0.1) is 11.3 Å². The Bertz CT molecular complexity index is 1150. The maximum atomic E-state index is 12.9. The highest BCUT2D eigenvalue weighted by atomic mass is 32.1. The van der Waals surface area contributed by atoms with Crippen LogP contribution in [0.25, 0.3) is 10.4 Å². The summed E-state index contributed by atoms with van der Waals surface area (Å²) in [6, 6.07) is 6.21. The highest BCUT2D eigenvalue weighted by Crippen LogP contribution is 2.31. The third-order valence-corrected chi connectivity index (χ3v) is 5.95. The molecule has 1 unspecified atom stereocenters. The number of carbonyl (C=O) groups excluding carboxylic acids is 1. The lowest BCUT2D eigenvalue weighted by Gasteiger charge is -2.22. The van der Waals surface area contributed by atoms with E-state index in [0.29, 0.717) is 43.5 Å². The lowest BCUT2D eigenvalue weighted by Crippen LogP contribution is -2.33. The van der Waals surface area contributed by atoms with Crippen LogP contribution in [0.1, 0.15) is 27.5 Å². The van der Waals surface area contributed by atoms with Crippen molar-refractivity contribution in [2.24, 2.45) is 0 Å². The van der Waals surface area contributed by atoms with E-state index < -0.39 is 11.9 Å². The van der Waals surface area contributed by atoms with Gasteiger partial charge in [0.15, 0.2) is 5.01 Å². The number of carbonyl (C=O) groups is 1. The third-order valence-electron chi connectivity index (χ3n) is 4.90. The molecule has 3 aromatic rings. The number of nitrogens with zero attached hydrogens (tertiary/aromatic N) is 3. The van der Waals surface area contributed by atoms with E-state index in [9.17, 15) is 18.0 Å². The molecule has 1 aromatic carbocycles. The summed E-state index contributed by atoms with van der Waals surface area (Å²) in [6.07, 6.45) is -1.30. The van der Waals surface area contributed by atoms with Crippen LogP contribution in [0.15, 0.2) is 36.7 Å². The third kappa shape index (κ3) is 6.27. The highest BCUT2D eigenvalue weighted by molar-refractivity contribution is 7.17. The van der Waals surface area contributed by atoms with Crippen molar-refractivity contribution in [1.82, 2.24) is 20.3 Å². The lowest BCUT2D eigenvalue weighted by atomic mass is 10.1. The molecule has 0 bridgehead atoms. The molecule has 2 aromatic heterocycles. The first kappa shape index (κ1) is 24.0. The highest BCUT2D eigenvalue weighted by Gasteiger charge is 2.32. The molecular weight excluding hydrogens is 471 g/mol. The van der Waals surface area contributed by atoms with Crippen molar-refractivity contribution in [2.75, 3.05) is 31.7 Å². The maximum absolute atomic E-state index is 12.9. The van der Waals surface area contributed by atoms with Crippen molar-refractivity contribution in [3.63, 3.8) is 0 Å². The number of aromatic nitrogens is 3. The summed E-state index contributed by atoms with van der Waals surface area (Å²) < 4.78 is 49.7. The Hall–Kier alpha value is -3.09. The van der Waals surface area contributed by atoms with Crippen LogP contribution >= 0.6 is 11.3 Å². The van der Waals surface area contributed by atoms with Gasteiger partial charge in [0.05, 0.1) is 30.8 Å². The fourth-order valence-corrected chi connectivity index (χ4v) is 4.16. The molecule has 2 N–H and O–H groups in total. The van der Waals surface area contributed by atoms with Gasteiger partial charge in [-0.25, -0.2) is 15.0 Å². The van der Waals surface area contributed by atoms with E-state index in [0.717, 1.165) is 28.3 Å². The molecule has 12 heteroatoms. The topological polar surface area (TPSA) is 98.3 Å². The van der Waals surface area contributed by atoms with Crippen molar-refractivity contribution >= 4 is 28.9 Å². The fraction of sp³-hybridized carbons (Fsp3) is 0.364. The van der Waals surface area contributed by atoms with E-state index in [-0.39, 0.29) is 18.0 Å². The predicted octanol–water partition coefficient (Wildman–Crippen LogP) is 4.21. The normalized spacial score (nSPS) is 16.3. The Morgan fingerprint density at radius 3 is 2.85 bits per heavy atom. The maximum Gasteiger partial charge on any atom is 0.433 e. The average Bonchev–Trinajstić information content (AvgIpc) is 3.30. The van der Waals surface area contributed by atoms with Crippen LogP contribution in [0, 0.1) is 6.92 Å². The molecule has 34 heavy (non-hydrogen) atoms. The Morgan fingerprint density at radius 1 is 1.24 bits per heavy atom. The van der Waals surface area contributed by atoms with Crippen LogP contribution in [0.2, 0.25) is 0 Å². The van der Waals surface area contributed by atoms with Crippen molar-refractivity contribution in [2.45, 2.75) is 25.6 Å². The van der Waals surface area contributed by atoms with Gasteiger partial charge in [-0.05, 0) is 42.7 Å². The standard InChI is InChI=1S/C22H22F3N5O3S/c1-13-8-14(10-15(9-13)29-21-27-5-3-18(30-21)22(23,24)25)17-11-28-20(34-17)19(31)26-4-2-16-12-32-6-7-33-16/h3,5,8-11,16H,2,4,6-7,12H2,1H3,(H,26,31)(H,27,29,30). The largest absolute Gasteiger partial charge is 0.433 e. The second-order valence-corrected chi connectivity index (χ2v) is 8.65. The molecule has 1 fully saturated rings. The molecule has 180 valence electrons. The Balaban J connectivity index is 1.42. The Kier molecular flexibility index (Phi) is 7.39. The number of benzene rings is 1. The molecule has 8 nitrogen and oxygen atoms in total. The van der Waals surface area contributed by atoms with Gasteiger partial charge in [-0.1, -0.05) is 6.07 Å². The summed E-state index contributed by atoms with van der Waals surface area (Å²) >= 11 is 1.22. The lowest BCUT2D eigenvalue weighted by molar-refractivity contribution is -0.141. The number of hydrogen-bond donors (Lipinski definition) is 2. The van der Waals surface area contributed by atoms with Crippen LogP contribution in [-0.4, -0.2) is 53.3 Å². The van der Waals surface area contributed by atoms with Gasteiger partial charge >= 0.3 is 6.18 Å². The zero-order valence-corrected chi connectivity index (χ0v) is 19.0. The molecule has 0 aliphatic carbocycles. The minimum absolute atomic E-state index is 0.0278. The zero-order valence-electron chi connectivity index (χ0n) is 18.2. The number of hydrogen-bond acceptors (Lipinski definition) is 8. The average molecular weight is 494 g/mol. The summed E-state index contributed by atoms with van der Waals surface area (Å²) in [5, 5.41) is 5.97. The SMILES string of the molecule is Cc1cc(Nc2nccc(C(F)(F)F)n2)cc(-c2cnc(C(=O)NCCC3COCCO3)s2)c1. The number of ether oxygens (including phenoxy) is 2. The van der Waals surface area contributed by atoms with Crippen LogP contribution < -0.4 is 10.6 Å². The molecule has 1 atom stereocenters. The molecule has 1 amide bonds. The second-order valence-electron chi connectivity index (χ2n) is 7.62. The quantitative estimate of drug-likeness (QED) is 0.509. The Labute approximate surface area is 197 Å². The monoisotopic (exact) mass is 493 g/mol. The number of halogens is 3. The number of thiazole rings is 1. The van der Waals surface area contributed by atoms with Gasteiger partial charge in [0.2, 0.25) is 5.95 Å². The van der Waals surface area contributed by atoms with Gasteiger partial charge in [0, 0.05) is 24.6 Å². The number of anilines is 2. The van der Waals surface area contributed by atoms with Crippen LogP contribution in [-0.2, 0) is 15.7 Å². The molecule has 0 saturated carbocycles. The number of alkyl halides is 3. The van der Waals surface area contributed by atoms with Crippen LogP contribution in [0.4, 0.5) is 24.8 Å². The van der Waals surface area contributed by atoms with E-state index in [4.69, 9.17) is 9.47 Å². The first-order valence-corrected chi connectivity index (χ1v) is 11.3. The van der Waals surface area contributed by atoms with Crippen molar-refractivity contribution < 1.29 is 27.4 Å². The van der Waals surface area contributed by atoms with Crippen molar-refractivity contribution in [3.8, 4) is 10.4 Å². The summed E-state index contributed by atoms with van der Waals surface area (Å²) in [6.45, 7) is 3.97. The van der Waals surface area contributed by atoms with Gasteiger partial charge in [0.1, 0.15) is 5.69 Å². The fourth-order valence-electron chi connectivity index (χ4n) is 3.34.